The van der Waals surface area contributed by atoms with E-state index in [1.807, 2.05) is 42.5 Å². The first-order valence-corrected chi connectivity index (χ1v) is 10.1. The van der Waals surface area contributed by atoms with Crippen LogP contribution in [0.25, 0.3) is 11.1 Å². The third-order valence-corrected chi connectivity index (χ3v) is 5.03. The topological polar surface area (TPSA) is 58.2 Å². The molecule has 4 nitrogen and oxygen atoms in total. The number of rotatable bonds is 5. The molecule has 4 aromatic rings. The molecule has 4 rings (SSSR count). The lowest BCUT2D eigenvalue weighted by atomic mass is 10.0. The van der Waals surface area contributed by atoms with Crippen LogP contribution in [0.3, 0.4) is 0 Å². The van der Waals surface area contributed by atoms with Gasteiger partial charge in [-0.05, 0) is 59.7 Å². The summed E-state index contributed by atoms with van der Waals surface area (Å²) in [7, 11) is 0. The molecule has 0 fully saturated rings. The molecule has 31 heavy (non-hydrogen) atoms. The minimum Gasteiger partial charge on any atom is -0.322 e. The highest BCUT2D eigenvalue weighted by atomic mass is 35.5. The first-order valence-electron chi connectivity index (χ1n) is 9.73. The third kappa shape index (κ3) is 5.00. The summed E-state index contributed by atoms with van der Waals surface area (Å²) < 4.78 is 0. The van der Waals surface area contributed by atoms with Crippen LogP contribution >= 0.6 is 11.6 Å². The van der Waals surface area contributed by atoms with Crippen molar-refractivity contribution in [2.75, 3.05) is 10.6 Å². The zero-order chi connectivity index (χ0) is 21.6. The smallest absolute Gasteiger partial charge is 0.257 e. The molecule has 0 saturated carbocycles. The molecular weight excluding hydrogens is 408 g/mol. The van der Waals surface area contributed by atoms with E-state index in [4.69, 9.17) is 11.6 Å². The Bertz CT molecular complexity index is 1200. The Morgan fingerprint density at radius 1 is 0.581 bits per heavy atom. The van der Waals surface area contributed by atoms with Crippen LogP contribution in [0.1, 0.15) is 20.7 Å². The van der Waals surface area contributed by atoms with E-state index in [0.29, 0.717) is 27.5 Å². The molecule has 0 spiro atoms. The third-order valence-electron chi connectivity index (χ3n) is 4.78. The van der Waals surface area contributed by atoms with Gasteiger partial charge in [0.05, 0.1) is 11.3 Å². The lowest BCUT2D eigenvalue weighted by molar-refractivity contribution is 0.102. The van der Waals surface area contributed by atoms with Crippen molar-refractivity contribution in [1.82, 2.24) is 0 Å². The lowest BCUT2D eigenvalue weighted by Crippen LogP contribution is -2.18. The summed E-state index contributed by atoms with van der Waals surface area (Å²) in [4.78, 5) is 25.5. The number of carbonyl (C=O) groups is 2. The largest absolute Gasteiger partial charge is 0.322 e. The molecule has 0 aliphatic rings. The van der Waals surface area contributed by atoms with Crippen molar-refractivity contribution < 1.29 is 9.59 Å². The Hall–Kier alpha value is -3.89. The Labute approximate surface area is 185 Å². The van der Waals surface area contributed by atoms with Crippen molar-refractivity contribution in [2.45, 2.75) is 0 Å². The molecule has 0 heterocycles. The number of carbonyl (C=O) groups excluding carboxylic acids is 2. The second-order valence-corrected chi connectivity index (χ2v) is 7.34. The Morgan fingerprint density at radius 3 is 1.90 bits per heavy atom. The van der Waals surface area contributed by atoms with Gasteiger partial charge in [-0.2, -0.15) is 0 Å². The molecule has 5 heteroatoms. The standard InChI is InChI=1S/C26H19ClN2O2/c27-21-14-16-22(17-15-21)28-26(31)23-8-4-5-9-24(23)29-25(30)20-12-10-19(11-13-20)18-6-2-1-3-7-18/h1-17H,(H,28,31)(H,29,30). The summed E-state index contributed by atoms with van der Waals surface area (Å²) in [5.41, 5.74) is 4.04. The zero-order valence-corrected chi connectivity index (χ0v) is 17.3. The molecule has 0 atom stereocenters. The summed E-state index contributed by atoms with van der Waals surface area (Å²) in [6, 6.07) is 31.0. The summed E-state index contributed by atoms with van der Waals surface area (Å²) >= 11 is 5.89. The maximum Gasteiger partial charge on any atom is 0.257 e. The van der Waals surface area contributed by atoms with Gasteiger partial charge in [0.2, 0.25) is 0 Å². The van der Waals surface area contributed by atoms with Crippen molar-refractivity contribution in [3.05, 3.63) is 119 Å². The van der Waals surface area contributed by atoms with Crippen LogP contribution in [-0.2, 0) is 0 Å². The van der Waals surface area contributed by atoms with E-state index >= 15 is 0 Å². The van der Waals surface area contributed by atoms with Gasteiger partial charge in [0, 0.05) is 16.3 Å². The van der Waals surface area contributed by atoms with Gasteiger partial charge in [-0.1, -0.05) is 66.2 Å². The molecule has 0 aliphatic carbocycles. The molecule has 0 radical (unpaired) electrons. The summed E-state index contributed by atoms with van der Waals surface area (Å²) in [6.45, 7) is 0. The number of halogens is 1. The van der Waals surface area contributed by atoms with Crippen molar-refractivity contribution in [3.8, 4) is 11.1 Å². The normalized spacial score (nSPS) is 10.4. The van der Waals surface area contributed by atoms with Gasteiger partial charge in [0.25, 0.3) is 11.8 Å². The lowest BCUT2D eigenvalue weighted by Gasteiger charge is -2.12. The van der Waals surface area contributed by atoms with Crippen molar-refractivity contribution in [2.24, 2.45) is 0 Å². The van der Waals surface area contributed by atoms with Crippen LogP contribution in [-0.4, -0.2) is 11.8 Å². The monoisotopic (exact) mass is 426 g/mol. The van der Waals surface area contributed by atoms with Gasteiger partial charge in [-0.3, -0.25) is 9.59 Å². The number of para-hydroxylation sites is 1. The van der Waals surface area contributed by atoms with Gasteiger partial charge >= 0.3 is 0 Å². The van der Waals surface area contributed by atoms with Gasteiger partial charge in [0.1, 0.15) is 0 Å². The van der Waals surface area contributed by atoms with Crippen LogP contribution in [0.5, 0.6) is 0 Å². The number of hydrogen-bond donors (Lipinski definition) is 2. The highest BCUT2D eigenvalue weighted by molar-refractivity contribution is 6.30. The quantitative estimate of drug-likeness (QED) is 0.382. The average Bonchev–Trinajstić information content (AvgIpc) is 2.81. The number of amides is 2. The van der Waals surface area contributed by atoms with Crippen LogP contribution in [0.4, 0.5) is 11.4 Å². The van der Waals surface area contributed by atoms with Crippen LogP contribution in [0.15, 0.2) is 103 Å². The predicted octanol–water partition coefficient (Wildman–Crippen LogP) is 6.51. The van der Waals surface area contributed by atoms with Crippen LogP contribution in [0, 0.1) is 0 Å². The van der Waals surface area contributed by atoms with E-state index in [1.165, 1.54) is 0 Å². The van der Waals surface area contributed by atoms with Gasteiger partial charge in [-0.25, -0.2) is 0 Å². The van der Waals surface area contributed by atoms with Gasteiger partial charge < -0.3 is 10.6 Å². The fourth-order valence-corrected chi connectivity index (χ4v) is 3.29. The van der Waals surface area contributed by atoms with E-state index in [9.17, 15) is 9.59 Å². The first-order chi connectivity index (χ1) is 15.1. The van der Waals surface area contributed by atoms with E-state index in [1.54, 1.807) is 60.7 Å². The molecule has 4 aromatic carbocycles. The number of nitrogens with one attached hydrogen (secondary N) is 2. The SMILES string of the molecule is O=C(Nc1ccccc1C(=O)Nc1ccc(Cl)cc1)c1ccc(-c2ccccc2)cc1. The van der Waals surface area contributed by atoms with E-state index in [2.05, 4.69) is 10.6 Å². The fraction of sp³-hybridized carbons (Fsp3) is 0. The van der Waals surface area contributed by atoms with Crippen molar-refractivity contribution >= 4 is 34.8 Å². The fourth-order valence-electron chi connectivity index (χ4n) is 3.16. The summed E-state index contributed by atoms with van der Waals surface area (Å²) in [5, 5.41) is 6.24. The van der Waals surface area contributed by atoms with Crippen LogP contribution in [0.2, 0.25) is 5.02 Å². The van der Waals surface area contributed by atoms with Gasteiger partial charge in [-0.15, -0.1) is 0 Å². The predicted molar refractivity (Wildman–Crippen MR) is 126 cm³/mol. The number of anilines is 2. The Balaban J connectivity index is 1.50. The molecule has 0 aromatic heterocycles. The average molecular weight is 427 g/mol. The maximum absolute atomic E-state index is 12.8. The molecule has 0 saturated heterocycles. The summed E-state index contributed by atoms with van der Waals surface area (Å²) in [5.74, 6) is -0.607. The molecule has 0 bridgehead atoms. The first kappa shape index (κ1) is 20.4. The maximum atomic E-state index is 12.8. The molecule has 152 valence electrons. The zero-order valence-electron chi connectivity index (χ0n) is 16.5. The second kappa shape index (κ2) is 9.28. The highest BCUT2D eigenvalue weighted by Crippen LogP contribution is 2.22. The van der Waals surface area contributed by atoms with E-state index < -0.39 is 0 Å². The second-order valence-electron chi connectivity index (χ2n) is 6.90. The molecule has 2 N–H and O–H groups in total. The summed E-state index contributed by atoms with van der Waals surface area (Å²) in [6.07, 6.45) is 0. The van der Waals surface area contributed by atoms with Gasteiger partial charge in [0.15, 0.2) is 0 Å². The van der Waals surface area contributed by atoms with E-state index in [0.717, 1.165) is 11.1 Å². The minimum absolute atomic E-state index is 0.286. The number of hydrogen-bond acceptors (Lipinski definition) is 2. The Kier molecular flexibility index (Phi) is 6.11. The Morgan fingerprint density at radius 2 is 1.19 bits per heavy atom. The highest BCUT2D eigenvalue weighted by Gasteiger charge is 2.14. The number of benzene rings is 4. The molecular formula is C26H19ClN2O2. The van der Waals surface area contributed by atoms with Crippen molar-refractivity contribution in [3.63, 3.8) is 0 Å². The molecule has 0 unspecified atom stereocenters. The molecule has 0 aliphatic heterocycles. The van der Waals surface area contributed by atoms with Crippen molar-refractivity contribution in [1.29, 1.82) is 0 Å². The van der Waals surface area contributed by atoms with E-state index in [-0.39, 0.29) is 11.8 Å². The minimum atomic E-state index is -0.322. The molecule has 2 amide bonds. The van der Waals surface area contributed by atoms with Crippen LogP contribution < -0.4 is 10.6 Å².